The Morgan fingerprint density at radius 1 is 1.11 bits per heavy atom. The zero-order valence-electron chi connectivity index (χ0n) is 14.1. The minimum atomic E-state index is 0.396. The van der Waals surface area contributed by atoms with Crippen molar-refractivity contribution in [2.45, 2.75) is 4.90 Å². The molecule has 4 aromatic rings. The maximum absolute atomic E-state index is 5.67. The van der Waals surface area contributed by atoms with Crippen LogP contribution in [0.3, 0.4) is 0 Å². The molecule has 0 aliphatic carbocycles. The summed E-state index contributed by atoms with van der Waals surface area (Å²) in [6, 6.07) is 15.8. The maximum atomic E-state index is 5.67. The van der Waals surface area contributed by atoms with Crippen LogP contribution in [0.4, 0.5) is 11.5 Å². The summed E-state index contributed by atoms with van der Waals surface area (Å²) in [5, 5.41) is 16.9. The monoisotopic (exact) mass is 395 g/mol. The number of hydrazone groups is 1. The molecule has 0 atom stereocenters. The van der Waals surface area contributed by atoms with Crippen molar-refractivity contribution in [3.63, 3.8) is 0 Å². The van der Waals surface area contributed by atoms with Crippen molar-refractivity contribution in [2.75, 3.05) is 5.32 Å². The first-order valence-electron chi connectivity index (χ1n) is 8.03. The van der Waals surface area contributed by atoms with Gasteiger partial charge in [-0.3, -0.25) is 5.14 Å². The van der Waals surface area contributed by atoms with Crippen LogP contribution in [0.15, 0.2) is 63.9 Å². The number of nitrogens with two attached hydrogens (primary N) is 3. The van der Waals surface area contributed by atoms with E-state index >= 15 is 0 Å². The van der Waals surface area contributed by atoms with Crippen molar-refractivity contribution in [1.82, 2.24) is 10.4 Å². The number of nitrogens with zero attached hydrogens (tertiary/aromatic N) is 2. The summed E-state index contributed by atoms with van der Waals surface area (Å²) in [5.74, 6) is 12.1. The van der Waals surface area contributed by atoms with E-state index < -0.39 is 0 Å². The highest BCUT2D eigenvalue weighted by atomic mass is 32.2. The molecule has 9 heteroatoms. The van der Waals surface area contributed by atoms with Crippen LogP contribution in [0.2, 0.25) is 0 Å². The molecule has 2 aromatic carbocycles. The van der Waals surface area contributed by atoms with Gasteiger partial charge in [-0.25, -0.2) is 10.8 Å². The van der Waals surface area contributed by atoms with Gasteiger partial charge < -0.3 is 16.6 Å². The Balaban J connectivity index is 1.86. The van der Waals surface area contributed by atoms with Gasteiger partial charge in [0.15, 0.2) is 5.84 Å². The van der Waals surface area contributed by atoms with E-state index in [0.717, 1.165) is 43.0 Å². The molecule has 0 aliphatic heterocycles. The van der Waals surface area contributed by atoms with Gasteiger partial charge in [0.05, 0.1) is 5.52 Å². The fourth-order valence-electron chi connectivity index (χ4n) is 2.92. The number of aromatic nitrogens is 1. The van der Waals surface area contributed by atoms with E-state index in [1.807, 2.05) is 42.5 Å². The number of hydrogen-bond donors (Lipinski definition) is 5. The maximum Gasteiger partial charge on any atom is 0.166 e. The van der Waals surface area contributed by atoms with Gasteiger partial charge in [-0.2, -0.15) is 5.10 Å². The fourth-order valence-corrected chi connectivity index (χ4v) is 4.21. The van der Waals surface area contributed by atoms with Crippen LogP contribution in [0.1, 0.15) is 5.56 Å². The summed E-state index contributed by atoms with van der Waals surface area (Å²) >= 11 is 2.88. The second kappa shape index (κ2) is 7.41. The first-order chi connectivity index (χ1) is 13.2. The highest BCUT2D eigenvalue weighted by Crippen LogP contribution is 2.35. The van der Waals surface area contributed by atoms with Crippen LogP contribution in [0.5, 0.6) is 0 Å². The first-order valence-corrected chi connectivity index (χ1v) is 9.79. The SMILES string of the molecule is N/N=C(\NN)c1ccc2c(c1)nc(Nc1cccc(SN)c1)c1ccsc12. The molecule has 0 radical (unpaired) electrons. The van der Waals surface area contributed by atoms with Crippen LogP contribution >= 0.6 is 23.3 Å². The molecule has 136 valence electrons. The Morgan fingerprint density at radius 2 is 2.00 bits per heavy atom. The largest absolute Gasteiger partial charge is 0.340 e. The number of nitrogens with one attached hydrogen (secondary N) is 2. The summed E-state index contributed by atoms with van der Waals surface area (Å²) in [5.41, 5.74) is 5.02. The third-order valence-electron chi connectivity index (χ3n) is 4.17. The smallest absolute Gasteiger partial charge is 0.166 e. The third-order valence-corrected chi connectivity index (χ3v) is 5.64. The standard InChI is InChI=1S/C18H17N7S2/c19-24-17(25-20)10-4-5-13-15(8-10)23-18(14-6-7-26-16(13)14)22-11-2-1-3-12(9-11)27-21/h1-9H,19-21H2,(H,22,23)(H,24,25). The predicted molar refractivity (Wildman–Crippen MR) is 115 cm³/mol. The molecular weight excluding hydrogens is 378 g/mol. The van der Waals surface area contributed by atoms with Gasteiger partial charge in [0.2, 0.25) is 0 Å². The zero-order valence-corrected chi connectivity index (χ0v) is 15.8. The summed E-state index contributed by atoms with van der Waals surface area (Å²) in [7, 11) is 0. The summed E-state index contributed by atoms with van der Waals surface area (Å²) in [6.45, 7) is 0. The number of anilines is 2. The molecule has 4 rings (SSSR count). The topological polar surface area (TPSA) is 127 Å². The molecular formula is C18H17N7S2. The van der Waals surface area contributed by atoms with Gasteiger partial charge in [0, 0.05) is 31.6 Å². The number of hydrogen-bond acceptors (Lipinski definition) is 8. The van der Waals surface area contributed by atoms with E-state index in [2.05, 4.69) is 27.3 Å². The highest BCUT2D eigenvalue weighted by molar-refractivity contribution is 7.97. The Bertz CT molecular complexity index is 1150. The van der Waals surface area contributed by atoms with E-state index in [9.17, 15) is 0 Å². The van der Waals surface area contributed by atoms with Gasteiger partial charge in [0.1, 0.15) is 5.82 Å². The second-order valence-electron chi connectivity index (χ2n) is 5.75. The van der Waals surface area contributed by atoms with E-state index in [4.69, 9.17) is 21.8 Å². The van der Waals surface area contributed by atoms with Gasteiger partial charge in [-0.1, -0.05) is 18.2 Å². The van der Waals surface area contributed by atoms with Crippen molar-refractivity contribution in [2.24, 2.45) is 21.9 Å². The number of amidine groups is 1. The van der Waals surface area contributed by atoms with E-state index in [0.29, 0.717) is 5.84 Å². The van der Waals surface area contributed by atoms with Crippen molar-refractivity contribution >= 4 is 61.6 Å². The lowest BCUT2D eigenvalue weighted by atomic mass is 10.1. The summed E-state index contributed by atoms with van der Waals surface area (Å²) in [6.07, 6.45) is 0. The number of hydrazine groups is 1. The van der Waals surface area contributed by atoms with Crippen LogP contribution in [0.25, 0.3) is 21.0 Å². The van der Waals surface area contributed by atoms with E-state index in [-0.39, 0.29) is 0 Å². The number of rotatable bonds is 4. The summed E-state index contributed by atoms with van der Waals surface area (Å²) in [4.78, 5) is 5.81. The molecule has 0 fully saturated rings. The fraction of sp³-hybridized carbons (Fsp3) is 0. The molecule has 7 nitrogen and oxygen atoms in total. The molecule has 0 aliphatic rings. The Hall–Kier alpha value is -2.85. The lowest BCUT2D eigenvalue weighted by Gasteiger charge is -2.11. The van der Waals surface area contributed by atoms with Gasteiger partial charge in [0.25, 0.3) is 0 Å². The molecule has 27 heavy (non-hydrogen) atoms. The average molecular weight is 396 g/mol. The van der Waals surface area contributed by atoms with Crippen molar-refractivity contribution in [3.05, 3.63) is 59.5 Å². The van der Waals surface area contributed by atoms with Crippen molar-refractivity contribution in [1.29, 1.82) is 0 Å². The highest BCUT2D eigenvalue weighted by Gasteiger charge is 2.12. The van der Waals surface area contributed by atoms with Crippen molar-refractivity contribution < 1.29 is 0 Å². The third kappa shape index (κ3) is 3.28. The van der Waals surface area contributed by atoms with Gasteiger partial charge in [-0.05, 0) is 47.7 Å². The number of fused-ring (bicyclic) bond motifs is 3. The molecule has 2 aromatic heterocycles. The summed E-state index contributed by atoms with van der Waals surface area (Å²) < 4.78 is 1.16. The lowest BCUT2D eigenvalue weighted by Crippen LogP contribution is -2.32. The van der Waals surface area contributed by atoms with Crippen LogP contribution in [0, 0.1) is 0 Å². The van der Waals surface area contributed by atoms with Gasteiger partial charge >= 0.3 is 0 Å². The predicted octanol–water partition coefficient (Wildman–Crippen LogP) is 3.24. The molecule has 0 amide bonds. The molecule has 0 unspecified atom stereocenters. The van der Waals surface area contributed by atoms with Crippen LogP contribution < -0.4 is 27.6 Å². The number of pyridine rings is 1. The number of thiophene rings is 1. The van der Waals surface area contributed by atoms with E-state index in [1.165, 1.54) is 11.9 Å². The van der Waals surface area contributed by atoms with Crippen LogP contribution in [-0.4, -0.2) is 10.8 Å². The van der Waals surface area contributed by atoms with Gasteiger partial charge in [-0.15, -0.1) is 11.3 Å². The Morgan fingerprint density at radius 3 is 2.78 bits per heavy atom. The van der Waals surface area contributed by atoms with E-state index in [1.54, 1.807) is 11.3 Å². The Kier molecular flexibility index (Phi) is 4.82. The molecule has 2 heterocycles. The second-order valence-corrected chi connectivity index (χ2v) is 7.37. The minimum Gasteiger partial charge on any atom is -0.340 e. The molecule has 0 saturated carbocycles. The first kappa shape index (κ1) is 17.6. The zero-order chi connectivity index (χ0) is 18.8. The molecule has 8 N–H and O–H groups in total. The lowest BCUT2D eigenvalue weighted by molar-refractivity contribution is 1.00. The molecule has 0 saturated heterocycles. The average Bonchev–Trinajstić information content (AvgIpc) is 3.19. The number of benzene rings is 2. The Labute approximate surface area is 163 Å². The molecule has 0 spiro atoms. The minimum absolute atomic E-state index is 0.396. The quantitative estimate of drug-likeness (QED) is 0.118. The van der Waals surface area contributed by atoms with Crippen molar-refractivity contribution in [3.8, 4) is 0 Å². The molecule has 0 bridgehead atoms. The normalized spacial score (nSPS) is 11.9. The van der Waals surface area contributed by atoms with Crippen LogP contribution in [-0.2, 0) is 0 Å².